The van der Waals surface area contributed by atoms with Crippen molar-refractivity contribution < 1.29 is 9.90 Å². The van der Waals surface area contributed by atoms with Crippen LogP contribution >= 0.6 is 0 Å². The Balaban J connectivity index is 2.32. The lowest BCUT2D eigenvalue weighted by Gasteiger charge is -2.12. The molecule has 0 aliphatic rings. The molecule has 0 unspecified atom stereocenters. The molecule has 2 aromatic rings. The number of phenols is 1. The summed E-state index contributed by atoms with van der Waals surface area (Å²) in [5.74, 6) is -0.361. The molecule has 1 aromatic heterocycles. The molecule has 5 heteroatoms. The Bertz CT molecular complexity index is 705. The summed E-state index contributed by atoms with van der Waals surface area (Å²) in [6.45, 7) is 1.21. The number of ketones is 1. The number of likely N-dealkylation sites (N-methyl/N-ethyl adjacent to an activating group) is 1. The zero-order valence-electron chi connectivity index (χ0n) is 12.1. The number of carbonyl (C=O) groups is 1. The highest BCUT2D eigenvalue weighted by molar-refractivity contribution is 6.10. The summed E-state index contributed by atoms with van der Waals surface area (Å²) in [6.07, 6.45) is 1.54. The average Bonchev–Trinajstić information content (AvgIpc) is 2.46. The van der Waals surface area contributed by atoms with Crippen molar-refractivity contribution in [2.75, 3.05) is 20.6 Å². The minimum Gasteiger partial charge on any atom is -0.507 e. The Labute approximate surface area is 123 Å². The van der Waals surface area contributed by atoms with Gasteiger partial charge in [0.1, 0.15) is 5.75 Å². The van der Waals surface area contributed by atoms with Crippen LogP contribution in [-0.4, -0.2) is 41.0 Å². The fourth-order valence-corrected chi connectivity index (χ4v) is 1.97. The first kappa shape index (κ1) is 15.0. The molecule has 2 rings (SSSR count). The van der Waals surface area contributed by atoms with Crippen LogP contribution in [0.25, 0.3) is 0 Å². The third-order valence-electron chi connectivity index (χ3n) is 3.18. The molecule has 1 heterocycles. The smallest absolute Gasteiger partial charge is 0.250 e. The van der Waals surface area contributed by atoms with E-state index in [1.54, 1.807) is 24.4 Å². The Morgan fingerprint density at radius 3 is 2.57 bits per heavy atom. The molecule has 5 nitrogen and oxygen atoms in total. The molecule has 21 heavy (non-hydrogen) atoms. The molecule has 0 amide bonds. The summed E-state index contributed by atoms with van der Waals surface area (Å²) in [5, 5.41) is 9.75. The lowest BCUT2D eigenvalue weighted by Crippen LogP contribution is -2.26. The topological polar surface area (TPSA) is 62.5 Å². The van der Waals surface area contributed by atoms with Gasteiger partial charge < -0.3 is 14.6 Å². The molecule has 1 aromatic carbocycles. The number of para-hydroxylation sites is 1. The molecule has 0 atom stereocenters. The van der Waals surface area contributed by atoms with Crippen molar-refractivity contribution in [2.24, 2.45) is 0 Å². The number of hydrogen-bond donors (Lipinski definition) is 1. The Hall–Kier alpha value is -2.40. The maximum Gasteiger partial charge on any atom is 0.250 e. The van der Waals surface area contributed by atoms with Crippen LogP contribution < -0.4 is 5.56 Å². The van der Waals surface area contributed by atoms with Gasteiger partial charge in [-0.1, -0.05) is 12.1 Å². The number of carbonyl (C=O) groups excluding carboxylic acids is 1. The number of aromatic hydroxyl groups is 1. The molecular weight excluding hydrogens is 268 g/mol. The third kappa shape index (κ3) is 3.58. The summed E-state index contributed by atoms with van der Waals surface area (Å²) < 4.78 is 1.51. The first-order chi connectivity index (χ1) is 9.99. The average molecular weight is 286 g/mol. The molecular formula is C16H18N2O3. The maximum absolute atomic E-state index is 12.4. The number of aromatic nitrogens is 1. The highest BCUT2D eigenvalue weighted by Crippen LogP contribution is 2.19. The molecule has 0 radical (unpaired) electrons. The van der Waals surface area contributed by atoms with Gasteiger partial charge in [0.15, 0.2) is 5.78 Å². The quantitative estimate of drug-likeness (QED) is 0.843. The van der Waals surface area contributed by atoms with Crippen LogP contribution in [0, 0.1) is 0 Å². The van der Waals surface area contributed by atoms with E-state index in [0.717, 1.165) is 0 Å². The van der Waals surface area contributed by atoms with E-state index in [1.807, 2.05) is 19.0 Å². The van der Waals surface area contributed by atoms with Gasteiger partial charge in [-0.15, -0.1) is 0 Å². The molecule has 0 aliphatic heterocycles. The third-order valence-corrected chi connectivity index (χ3v) is 3.18. The van der Waals surface area contributed by atoms with E-state index in [1.165, 1.54) is 22.8 Å². The number of nitrogens with zero attached hydrogens (tertiary/aromatic N) is 2. The normalized spacial score (nSPS) is 10.8. The molecule has 0 saturated heterocycles. The van der Waals surface area contributed by atoms with Crippen LogP contribution in [0.5, 0.6) is 5.75 Å². The minimum atomic E-state index is -0.299. The number of phenolic OH excluding ortho intramolecular Hbond substituents is 1. The van der Waals surface area contributed by atoms with Crippen molar-refractivity contribution in [3.05, 3.63) is 64.1 Å². The van der Waals surface area contributed by atoms with E-state index in [0.29, 0.717) is 18.7 Å². The SMILES string of the molecule is CN(C)CCn1cc(C(=O)c2ccccc2O)ccc1=O. The zero-order valence-corrected chi connectivity index (χ0v) is 12.1. The van der Waals surface area contributed by atoms with Gasteiger partial charge >= 0.3 is 0 Å². The largest absolute Gasteiger partial charge is 0.507 e. The molecule has 0 bridgehead atoms. The lowest BCUT2D eigenvalue weighted by molar-refractivity contribution is 0.103. The second-order valence-electron chi connectivity index (χ2n) is 5.10. The zero-order chi connectivity index (χ0) is 15.4. The van der Waals surface area contributed by atoms with Gasteiger partial charge in [-0.3, -0.25) is 9.59 Å². The van der Waals surface area contributed by atoms with E-state index in [-0.39, 0.29) is 22.7 Å². The fourth-order valence-electron chi connectivity index (χ4n) is 1.97. The van der Waals surface area contributed by atoms with Crippen LogP contribution in [-0.2, 0) is 6.54 Å². The van der Waals surface area contributed by atoms with Gasteiger partial charge in [0.05, 0.1) is 5.56 Å². The molecule has 0 aliphatic carbocycles. The van der Waals surface area contributed by atoms with Gasteiger partial charge in [-0.25, -0.2) is 0 Å². The predicted octanol–water partition coefficient (Wildman–Crippen LogP) is 1.35. The molecule has 110 valence electrons. The van der Waals surface area contributed by atoms with Gasteiger partial charge in [-0.05, 0) is 32.3 Å². The minimum absolute atomic E-state index is 0.0615. The summed E-state index contributed by atoms with van der Waals surface area (Å²) >= 11 is 0. The van der Waals surface area contributed by atoms with Gasteiger partial charge in [0.2, 0.25) is 0 Å². The number of benzene rings is 1. The lowest BCUT2D eigenvalue weighted by atomic mass is 10.0. The first-order valence-electron chi connectivity index (χ1n) is 6.67. The van der Waals surface area contributed by atoms with Crippen LogP contribution in [0.3, 0.4) is 0 Å². The van der Waals surface area contributed by atoms with E-state index >= 15 is 0 Å². The Kier molecular flexibility index (Phi) is 4.55. The molecule has 0 fully saturated rings. The van der Waals surface area contributed by atoms with Crippen molar-refractivity contribution in [3.8, 4) is 5.75 Å². The number of hydrogen-bond acceptors (Lipinski definition) is 4. The monoisotopic (exact) mass is 286 g/mol. The summed E-state index contributed by atoms with van der Waals surface area (Å²) in [5.41, 5.74) is 0.468. The summed E-state index contributed by atoms with van der Waals surface area (Å²) in [4.78, 5) is 26.1. The highest BCUT2D eigenvalue weighted by atomic mass is 16.3. The first-order valence-corrected chi connectivity index (χ1v) is 6.67. The van der Waals surface area contributed by atoms with Crippen LogP contribution in [0.2, 0.25) is 0 Å². The summed E-state index contributed by atoms with van der Waals surface area (Å²) in [7, 11) is 3.84. The standard InChI is InChI=1S/C16H18N2O3/c1-17(2)9-10-18-11-12(7-8-15(18)20)16(21)13-5-3-4-6-14(13)19/h3-8,11,19H,9-10H2,1-2H3. The van der Waals surface area contributed by atoms with Gasteiger partial charge in [0, 0.05) is 30.9 Å². The Morgan fingerprint density at radius 1 is 1.19 bits per heavy atom. The van der Waals surface area contributed by atoms with E-state index < -0.39 is 0 Å². The van der Waals surface area contributed by atoms with Crippen LogP contribution in [0.4, 0.5) is 0 Å². The van der Waals surface area contributed by atoms with E-state index in [2.05, 4.69) is 0 Å². The second-order valence-corrected chi connectivity index (χ2v) is 5.10. The number of rotatable bonds is 5. The molecule has 0 saturated carbocycles. The van der Waals surface area contributed by atoms with E-state index in [4.69, 9.17) is 0 Å². The van der Waals surface area contributed by atoms with E-state index in [9.17, 15) is 14.7 Å². The maximum atomic E-state index is 12.4. The van der Waals surface area contributed by atoms with Crippen molar-refractivity contribution in [2.45, 2.75) is 6.54 Å². The van der Waals surface area contributed by atoms with Gasteiger partial charge in [0.25, 0.3) is 5.56 Å². The highest BCUT2D eigenvalue weighted by Gasteiger charge is 2.14. The van der Waals surface area contributed by atoms with Gasteiger partial charge in [-0.2, -0.15) is 0 Å². The van der Waals surface area contributed by atoms with Crippen molar-refractivity contribution in [1.29, 1.82) is 0 Å². The van der Waals surface area contributed by atoms with Crippen molar-refractivity contribution >= 4 is 5.78 Å². The van der Waals surface area contributed by atoms with Crippen LogP contribution in [0.1, 0.15) is 15.9 Å². The van der Waals surface area contributed by atoms with Crippen LogP contribution in [0.15, 0.2) is 47.4 Å². The number of pyridine rings is 1. The fraction of sp³-hybridized carbons (Fsp3) is 0.250. The molecule has 0 spiro atoms. The predicted molar refractivity (Wildman–Crippen MR) is 80.8 cm³/mol. The summed E-state index contributed by atoms with van der Waals surface area (Å²) in [6, 6.07) is 9.24. The second kappa shape index (κ2) is 6.37. The van der Waals surface area contributed by atoms with Crippen molar-refractivity contribution in [1.82, 2.24) is 9.47 Å². The molecule has 1 N–H and O–H groups in total. The van der Waals surface area contributed by atoms with Crippen molar-refractivity contribution in [3.63, 3.8) is 0 Å². The Morgan fingerprint density at radius 2 is 1.90 bits per heavy atom.